The van der Waals surface area contributed by atoms with Gasteiger partial charge in [-0.3, -0.25) is 14.6 Å². The van der Waals surface area contributed by atoms with Crippen molar-refractivity contribution in [3.05, 3.63) is 34.9 Å². The number of anilines is 1. The van der Waals surface area contributed by atoms with Crippen molar-refractivity contribution in [2.24, 2.45) is 0 Å². The lowest BCUT2D eigenvalue weighted by Crippen LogP contribution is -2.53. The maximum atomic E-state index is 11.7. The van der Waals surface area contributed by atoms with Crippen LogP contribution in [0.4, 0.5) is 5.69 Å². The molecule has 1 aliphatic heterocycles. The van der Waals surface area contributed by atoms with E-state index >= 15 is 0 Å². The number of aromatic hydroxyl groups is 1. The zero-order chi connectivity index (χ0) is 29.2. The van der Waals surface area contributed by atoms with E-state index in [-0.39, 0.29) is 33.6 Å². The van der Waals surface area contributed by atoms with Crippen molar-refractivity contribution in [2.75, 3.05) is 44.7 Å². The molecule has 0 aliphatic carbocycles. The highest BCUT2D eigenvalue weighted by Crippen LogP contribution is 2.23. The highest BCUT2D eigenvalue weighted by molar-refractivity contribution is 6.64. The average Bonchev–Trinajstić information content (AvgIpc) is 2.96. The number of likely N-dealkylation sites (N-methyl/N-ethyl adjacent to an activating group) is 1. The van der Waals surface area contributed by atoms with Gasteiger partial charge in [-0.05, 0) is 50.4 Å². The molecule has 1 saturated heterocycles. The maximum absolute atomic E-state index is 11.7. The van der Waals surface area contributed by atoms with Crippen molar-refractivity contribution in [3.8, 4) is 5.75 Å². The SMILES string of the molecule is [B]c1c([B])c([B])c(N2CCN(CCCCCc3cccc(C=O)c3CN(C)C(C=O)CCC=O)CC2)c(O)c1[B]. The van der Waals surface area contributed by atoms with Gasteiger partial charge in [0.05, 0.1) is 11.7 Å². The first-order chi connectivity index (χ1) is 19.2. The van der Waals surface area contributed by atoms with Gasteiger partial charge < -0.3 is 19.6 Å². The monoisotopic (exact) mass is 533 g/mol. The molecule has 0 spiro atoms. The number of nitrogens with zero attached hydrogens (tertiary/aromatic N) is 3. The van der Waals surface area contributed by atoms with Gasteiger partial charge in [-0.2, -0.15) is 0 Å². The summed E-state index contributed by atoms with van der Waals surface area (Å²) in [7, 11) is 25.7. The molecule has 1 unspecified atom stereocenters. The Morgan fingerprint density at radius 2 is 1.65 bits per heavy atom. The number of hydrogen-bond acceptors (Lipinski definition) is 7. The molecule has 202 valence electrons. The van der Waals surface area contributed by atoms with Crippen molar-refractivity contribution in [1.29, 1.82) is 0 Å². The second-order valence-corrected chi connectivity index (χ2v) is 10.5. The quantitative estimate of drug-likeness (QED) is 0.177. The molecule has 7 nitrogen and oxygen atoms in total. The van der Waals surface area contributed by atoms with Gasteiger partial charge in [0.1, 0.15) is 56.0 Å². The first kappa shape index (κ1) is 31.8. The highest BCUT2D eigenvalue weighted by Gasteiger charge is 2.23. The zero-order valence-corrected chi connectivity index (χ0v) is 23.3. The fraction of sp³-hybridized carbons (Fsp3) is 0.483. The number of carbonyl (C=O) groups is 3. The van der Waals surface area contributed by atoms with Gasteiger partial charge in [0.25, 0.3) is 0 Å². The summed E-state index contributed by atoms with van der Waals surface area (Å²) in [6.07, 6.45) is 7.25. The van der Waals surface area contributed by atoms with Crippen LogP contribution in [0.5, 0.6) is 5.75 Å². The van der Waals surface area contributed by atoms with Crippen LogP contribution in [0.25, 0.3) is 0 Å². The summed E-state index contributed by atoms with van der Waals surface area (Å²) in [6.45, 7) is 4.45. The Labute approximate surface area is 243 Å². The van der Waals surface area contributed by atoms with E-state index in [1.807, 2.05) is 22.9 Å². The molecule has 0 bridgehead atoms. The number of aryl methyl sites for hydroxylation is 1. The van der Waals surface area contributed by atoms with Gasteiger partial charge in [-0.1, -0.05) is 35.5 Å². The van der Waals surface area contributed by atoms with Gasteiger partial charge in [-0.25, -0.2) is 0 Å². The van der Waals surface area contributed by atoms with Crippen LogP contribution in [0.15, 0.2) is 18.2 Å². The van der Waals surface area contributed by atoms with E-state index < -0.39 is 0 Å². The van der Waals surface area contributed by atoms with E-state index in [1.54, 1.807) is 6.07 Å². The second kappa shape index (κ2) is 15.3. The third kappa shape index (κ3) is 7.70. The topological polar surface area (TPSA) is 81.2 Å². The fourth-order valence-electron chi connectivity index (χ4n) is 5.33. The highest BCUT2D eigenvalue weighted by atomic mass is 16.3. The Kier molecular flexibility index (Phi) is 12.1. The Morgan fingerprint density at radius 1 is 0.950 bits per heavy atom. The average molecular weight is 533 g/mol. The van der Waals surface area contributed by atoms with E-state index in [2.05, 4.69) is 11.0 Å². The molecule has 1 heterocycles. The summed E-state index contributed by atoms with van der Waals surface area (Å²) in [5, 5.41) is 10.5. The van der Waals surface area contributed by atoms with Gasteiger partial charge in [0.2, 0.25) is 0 Å². The smallest absolute Gasteiger partial charge is 0.150 e. The summed E-state index contributed by atoms with van der Waals surface area (Å²) < 4.78 is 0. The van der Waals surface area contributed by atoms with E-state index in [9.17, 15) is 19.5 Å². The molecule has 40 heavy (non-hydrogen) atoms. The van der Waals surface area contributed by atoms with Crippen molar-refractivity contribution in [1.82, 2.24) is 9.80 Å². The molecule has 1 aliphatic rings. The number of carbonyl (C=O) groups excluding carboxylic acids is 3. The van der Waals surface area contributed by atoms with E-state index in [4.69, 9.17) is 31.4 Å². The van der Waals surface area contributed by atoms with Crippen LogP contribution in [-0.4, -0.2) is 111 Å². The number of aldehydes is 3. The summed E-state index contributed by atoms with van der Waals surface area (Å²) in [5.41, 5.74) is 3.76. The Balaban J connectivity index is 1.49. The van der Waals surface area contributed by atoms with E-state index in [0.29, 0.717) is 43.7 Å². The molecule has 0 aromatic heterocycles. The molecule has 1 atom stereocenters. The third-order valence-corrected chi connectivity index (χ3v) is 7.86. The van der Waals surface area contributed by atoms with Crippen LogP contribution >= 0.6 is 0 Å². The number of rotatable bonds is 15. The molecule has 1 fully saturated rings. The standard InChI is InChI=1S/C29H35B4N3O4/c1-34(22(19-39)10-6-16-37)17-23-20(8-5-9-21(23)18-38)7-3-2-4-11-35-12-14-36(15-13-35)28-26(32)24(30)25(31)27(33)29(28)40/h5,8-9,16,18-19,22,40H,2-4,6-7,10-15,17H2,1H3. The maximum Gasteiger partial charge on any atom is 0.150 e. The molecule has 3 rings (SSSR count). The second-order valence-electron chi connectivity index (χ2n) is 10.5. The third-order valence-electron chi connectivity index (χ3n) is 7.86. The predicted octanol–water partition coefficient (Wildman–Crippen LogP) is -1.11. The van der Waals surface area contributed by atoms with Crippen LogP contribution in [0.2, 0.25) is 0 Å². The van der Waals surface area contributed by atoms with Gasteiger partial charge in [-0.15, -0.1) is 10.9 Å². The van der Waals surface area contributed by atoms with Crippen LogP contribution in [-0.2, 0) is 22.6 Å². The fourth-order valence-corrected chi connectivity index (χ4v) is 5.33. The number of hydrogen-bond donors (Lipinski definition) is 1. The number of phenolic OH excluding ortho intramolecular Hbond substituents is 1. The zero-order valence-electron chi connectivity index (χ0n) is 23.3. The van der Waals surface area contributed by atoms with Crippen molar-refractivity contribution < 1.29 is 19.5 Å². The first-order valence-corrected chi connectivity index (χ1v) is 13.8. The van der Waals surface area contributed by atoms with Crippen LogP contribution < -0.4 is 26.8 Å². The van der Waals surface area contributed by atoms with Crippen LogP contribution in [0.1, 0.15) is 53.6 Å². The molecular weight excluding hydrogens is 498 g/mol. The first-order valence-electron chi connectivity index (χ1n) is 13.8. The van der Waals surface area contributed by atoms with Gasteiger partial charge in [0.15, 0.2) is 0 Å². The van der Waals surface area contributed by atoms with Gasteiger partial charge in [0, 0.05) is 44.7 Å². The normalized spacial score (nSPS) is 14.8. The predicted molar refractivity (Wildman–Crippen MR) is 164 cm³/mol. The molecule has 1 N–H and O–H groups in total. The van der Waals surface area contributed by atoms with Crippen LogP contribution in [0.3, 0.4) is 0 Å². The molecule has 0 amide bonds. The van der Waals surface area contributed by atoms with Crippen LogP contribution in [0, 0.1) is 0 Å². The molecule has 2 aromatic carbocycles. The molecule has 11 heteroatoms. The molecule has 8 radical (unpaired) electrons. The Bertz CT molecular complexity index is 1160. The van der Waals surface area contributed by atoms with Crippen molar-refractivity contribution in [2.45, 2.75) is 51.1 Å². The summed E-state index contributed by atoms with van der Waals surface area (Å²) in [4.78, 5) is 40.3. The lowest BCUT2D eigenvalue weighted by atomic mass is 9.65. The molecule has 0 saturated carbocycles. The number of piperazine rings is 1. The summed E-state index contributed by atoms with van der Waals surface area (Å²) >= 11 is 0. The Hall–Kier alpha value is -2.77. The number of unbranched alkanes of at least 4 members (excludes halogenated alkanes) is 2. The lowest BCUT2D eigenvalue weighted by molar-refractivity contribution is -0.113. The number of benzene rings is 2. The molecular formula is C29H35B4N3O4. The minimum Gasteiger partial charge on any atom is -0.506 e. The van der Waals surface area contributed by atoms with Gasteiger partial charge >= 0.3 is 0 Å². The number of phenols is 1. The van der Waals surface area contributed by atoms with Crippen molar-refractivity contribution >= 4 is 77.8 Å². The van der Waals surface area contributed by atoms with E-state index in [0.717, 1.165) is 75.3 Å². The summed E-state index contributed by atoms with van der Waals surface area (Å²) in [6, 6.07) is 5.39. The largest absolute Gasteiger partial charge is 0.506 e. The van der Waals surface area contributed by atoms with E-state index in [1.165, 1.54) is 0 Å². The minimum absolute atomic E-state index is 0.0547. The Morgan fingerprint density at radius 3 is 2.30 bits per heavy atom. The van der Waals surface area contributed by atoms with Crippen molar-refractivity contribution in [3.63, 3.8) is 0 Å². The summed E-state index contributed by atoms with van der Waals surface area (Å²) in [5.74, 6) is -0.121. The minimum atomic E-state index is -0.367. The lowest BCUT2D eigenvalue weighted by Gasteiger charge is -2.38. The molecule has 2 aromatic rings.